The Labute approximate surface area is 182 Å². The predicted molar refractivity (Wildman–Crippen MR) is 112 cm³/mol. The number of hydrogen-bond acceptors (Lipinski definition) is 4. The molecule has 5 rings (SSSR count). The Morgan fingerprint density at radius 1 is 1.17 bits per heavy atom. The van der Waals surface area contributed by atoms with E-state index in [1.165, 1.54) is 11.8 Å². The van der Waals surface area contributed by atoms with Gasteiger partial charge < -0.3 is 14.9 Å². The van der Waals surface area contributed by atoms with Gasteiger partial charge in [-0.1, -0.05) is 18.5 Å². The van der Waals surface area contributed by atoms with E-state index in [0.717, 1.165) is 51.4 Å². The zero-order valence-electron chi connectivity index (χ0n) is 17.5. The van der Waals surface area contributed by atoms with Gasteiger partial charge >= 0.3 is 6.16 Å². The van der Waals surface area contributed by atoms with Gasteiger partial charge in [-0.15, -0.1) is 0 Å². The molecule has 8 atom stereocenters. The van der Waals surface area contributed by atoms with Gasteiger partial charge in [0.2, 0.25) is 0 Å². The fourth-order valence-corrected chi connectivity index (χ4v) is 8.95. The van der Waals surface area contributed by atoms with Crippen molar-refractivity contribution in [3.05, 3.63) is 22.9 Å². The van der Waals surface area contributed by atoms with Gasteiger partial charge in [0.1, 0.15) is 0 Å². The fourth-order valence-electron chi connectivity index (χ4n) is 8.62. The van der Waals surface area contributed by atoms with E-state index >= 15 is 0 Å². The maximum absolute atomic E-state index is 12.1. The molecule has 5 aliphatic rings. The van der Waals surface area contributed by atoms with Gasteiger partial charge in [-0.05, 0) is 98.5 Å². The van der Waals surface area contributed by atoms with E-state index in [1.54, 1.807) is 6.08 Å². The Morgan fingerprint density at radius 2 is 1.97 bits per heavy atom. The van der Waals surface area contributed by atoms with E-state index in [2.05, 4.69) is 11.7 Å². The molecule has 0 bridgehead atoms. The van der Waals surface area contributed by atoms with Crippen LogP contribution in [0.5, 0.6) is 0 Å². The lowest BCUT2D eigenvalue weighted by atomic mass is 9.48. The summed E-state index contributed by atoms with van der Waals surface area (Å²) in [5.74, 6) is 2.73. The first-order valence-electron chi connectivity index (χ1n) is 11.6. The third-order valence-corrected chi connectivity index (χ3v) is 10.2. The molecule has 0 unspecified atom stereocenters. The Hall–Kier alpha value is -1.33. The van der Waals surface area contributed by atoms with Crippen molar-refractivity contribution in [2.24, 2.45) is 40.9 Å². The summed E-state index contributed by atoms with van der Waals surface area (Å²) in [7, 11) is 0. The molecule has 0 radical (unpaired) electrons. The van der Waals surface area contributed by atoms with E-state index in [4.69, 9.17) is 16.7 Å². The van der Waals surface area contributed by atoms with Crippen LogP contribution in [-0.4, -0.2) is 27.8 Å². The van der Waals surface area contributed by atoms with Crippen LogP contribution in [0.3, 0.4) is 0 Å². The van der Waals surface area contributed by atoms with E-state index < -0.39 is 11.8 Å². The smallest absolute Gasteiger partial charge is 0.449 e. The van der Waals surface area contributed by atoms with Crippen LogP contribution in [-0.2, 0) is 9.53 Å². The minimum Gasteiger partial charge on any atom is -0.449 e. The second-order valence-electron chi connectivity index (χ2n) is 10.2. The molecule has 0 amide bonds. The number of Topliss-reactive ketones (excluding diaryl/α,β-unsaturated/α-hetero) is 1. The zero-order chi connectivity index (χ0) is 21.3. The van der Waals surface area contributed by atoms with E-state index in [1.807, 2.05) is 0 Å². The number of ketones is 1. The number of ether oxygens (including phenoxy) is 1. The number of carbonyl (C=O) groups is 2. The van der Waals surface area contributed by atoms with Crippen molar-refractivity contribution < 1.29 is 24.5 Å². The monoisotopic (exact) mass is 434 g/mol. The number of carboxylic acid groups (broad SMARTS) is 1. The normalized spacial score (nSPS) is 47.2. The Balaban J connectivity index is 1.51. The summed E-state index contributed by atoms with van der Waals surface area (Å²) in [5, 5.41) is 21.4. The quantitative estimate of drug-likeness (QED) is 0.467. The van der Waals surface area contributed by atoms with Crippen molar-refractivity contribution in [1.29, 1.82) is 0 Å². The van der Waals surface area contributed by atoms with Crippen molar-refractivity contribution in [3.63, 3.8) is 0 Å². The summed E-state index contributed by atoms with van der Waals surface area (Å²) in [4.78, 5) is 23.0. The van der Waals surface area contributed by atoms with Gasteiger partial charge in [0.05, 0.1) is 16.9 Å². The van der Waals surface area contributed by atoms with Crippen molar-refractivity contribution in [2.75, 3.05) is 0 Å². The first-order chi connectivity index (χ1) is 14.3. The molecule has 0 spiro atoms. The van der Waals surface area contributed by atoms with Crippen LogP contribution < -0.4 is 0 Å². The van der Waals surface area contributed by atoms with E-state index in [-0.39, 0.29) is 17.1 Å². The number of halogens is 1. The fraction of sp³-hybridized carbons (Fsp3) is 0.750. The highest BCUT2D eigenvalue weighted by Gasteiger charge is 2.72. The zero-order valence-corrected chi connectivity index (χ0v) is 18.2. The molecule has 6 heteroatoms. The molecule has 30 heavy (non-hydrogen) atoms. The predicted octanol–water partition coefficient (Wildman–Crippen LogP) is 5.27. The number of rotatable bonds is 3. The topological polar surface area (TPSA) is 83.8 Å². The van der Waals surface area contributed by atoms with Crippen molar-refractivity contribution in [1.82, 2.24) is 0 Å². The molecule has 0 aliphatic heterocycles. The molecule has 4 saturated carbocycles. The van der Waals surface area contributed by atoms with E-state index in [0.29, 0.717) is 41.0 Å². The van der Waals surface area contributed by atoms with Gasteiger partial charge in [-0.25, -0.2) is 4.79 Å². The highest BCUT2D eigenvalue weighted by molar-refractivity contribution is 6.43. The molecule has 0 aromatic carbocycles. The minimum absolute atomic E-state index is 0.109. The molecule has 164 valence electrons. The lowest BCUT2D eigenvalue weighted by molar-refractivity contribution is -0.120. The summed E-state index contributed by atoms with van der Waals surface area (Å²) in [6.45, 7) is 2.18. The van der Waals surface area contributed by atoms with Crippen LogP contribution in [0.15, 0.2) is 22.9 Å². The van der Waals surface area contributed by atoms with Crippen LogP contribution in [0.4, 0.5) is 4.79 Å². The Bertz CT molecular complexity index is 833. The number of fused-ring (bicyclic) bond motifs is 7. The molecule has 2 N–H and O–H groups in total. The third kappa shape index (κ3) is 2.57. The first kappa shape index (κ1) is 20.6. The summed E-state index contributed by atoms with van der Waals surface area (Å²) in [5.41, 5.74) is -0.0359. The maximum atomic E-state index is 12.1. The Kier molecular flexibility index (Phi) is 4.86. The van der Waals surface area contributed by atoms with Crippen LogP contribution in [0.25, 0.3) is 0 Å². The van der Waals surface area contributed by atoms with Crippen LogP contribution in [0.2, 0.25) is 0 Å². The average Bonchev–Trinajstić information content (AvgIpc) is 2.83. The highest BCUT2D eigenvalue weighted by Crippen LogP contribution is 2.74. The lowest BCUT2D eigenvalue weighted by Crippen LogP contribution is -2.54. The van der Waals surface area contributed by atoms with Gasteiger partial charge in [0.25, 0.3) is 0 Å². The summed E-state index contributed by atoms with van der Waals surface area (Å²) >= 11 is 6.45. The minimum atomic E-state index is -1.35. The number of allylic oxidation sites excluding steroid dienone is 1. The van der Waals surface area contributed by atoms with Gasteiger partial charge in [0, 0.05) is 11.8 Å². The van der Waals surface area contributed by atoms with Crippen molar-refractivity contribution in [3.8, 4) is 0 Å². The molecule has 0 aromatic rings. The first-order valence-corrected chi connectivity index (χ1v) is 11.9. The van der Waals surface area contributed by atoms with Gasteiger partial charge in [0.15, 0.2) is 5.78 Å². The summed E-state index contributed by atoms with van der Waals surface area (Å²) in [6, 6.07) is 0. The highest BCUT2D eigenvalue weighted by atomic mass is 35.5. The lowest BCUT2D eigenvalue weighted by Gasteiger charge is -2.57. The van der Waals surface area contributed by atoms with Crippen LogP contribution in [0.1, 0.15) is 64.7 Å². The molecule has 0 heterocycles. The molecular formula is C24H31ClO5. The SMILES string of the molecule is CC[C@]12CC[C@H]3[C@@H](CCC4=C(Cl)C(=O)CC[C@@H]43)[C@@H]1[C@@H]1CC[C@@H]1[C@@]2(O)/C=C\OC(=O)O. The Morgan fingerprint density at radius 3 is 2.63 bits per heavy atom. The largest absolute Gasteiger partial charge is 0.510 e. The summed E-state index contributed by atoms with van der Waals surface area (Å²) in [6.07, 6.45) is 9.92. The number of hydrogen-bond donors (Lipinski definition) is 2. The molecule has 0 aromatic heterocycles. The molecular weight excluding hydrogens is 404 g/mol. The molecule has 0 saturated heterocycles. The van der Waals surface area contributed by atoms with Crippen molar-refractivity contribution in [2.45, 2.75) is 70.3 Å². The molecule has 5 aliphatic carbocycles. The second-order valence-corrected chi connectivity index (χ2v) is 10.6. The van der Waals surface area contributed by atoms with Gasteiger partial charge in [-0.2, -0.15) is 0 Å². The van der Waals surface area contributed by atoms with Crippen molar-refractivity contribution >= 4 is 23.5 Å². The average molecular weight is 435 g/mol. The second kappa shape index (κ2) is 7.09. The third-order valence-electron chi connectivity index (χ3n) is 9.77. The maximum Gasteiger partial charge on any atom is 0.510 e. The molecule has 4 fully saturated rings. The van der Waals surface area contributed by atoms with E-state index in [9.17, 15) is 14.7 Å². The van der Waals surface area contributed by atoms with Crippen LogP contribution >= 0.6 is 11.6 Å². The number of aliphatic hydroxyl groups is 1. The number of carbonyl (C=O) groups excluding carboxylic acids is 1. The summed E-state index contributed by atoms with van der Waals surface area (Å²) < 4.78 is 4.67. The standard InChI is InChI=1S/C24H31ClO5/c1-2-23-10-9-14-13-6-8-19(26)21(25)16(13)4-3-15(14)20(23)17-5-7-18(17)24(23,29)11-12-30-22(27)28/h11-15,17-18,20,29H,2-10H2,1H3,(H,27,28)/b12-11-/t13-,14-,15-,17-,18+,20-,23+,24+/m1/s1. The molecule has 5 nitrogen and oxygen atoms in total. The van der Waals surface area contributed by atoms with Gasteiger partial charge in [-0.3, -0.25) is 4.79 Å². The van der Waals surface area contributed by atoms with Crippen LogP contribution in [0, 0.1) is 40.9 Å².